The van der Waals surface area contributed by atoms with Crippen molar-refractivity contribution in [3.63, 3.8) is 0 Å². The standard InChI is InChI=1S/C16H14N2O2/c1-12-15(20-14-10-6-3-7-11-14)16(19)18(17-12)13-8-4-2-5-9-13/h2-11,17H,1H3. The maximum Gasteiger partial charge on any atom is 0.314 e. The Morgan fingerprint density at radius 3 is 2.20 bits per heavy atom. The van der Waals surface area contributed by atoms with Gasteiger partial charge in [-0.3, -0.25) is 9.89 Å². The van der Waals surface area contributed by atoms with Gasteiger partial charge in [-0.25, -0.2) is 4.68 Å². The number of nitrogens with one attached hydrogen (secondary N) is 1. The molecule has 100 valence electrons. The summed E-state index contributed by atoms with van der Waals surface area (Å²) in [6, 6.07) is 18.7. The third-order valence-electron chi connectivity index (χ3n) is 2.99. The van der Waals surface area contributed by atoms with E-state index in [1.807, 2.05) is 67.6 Å². The maximum absolute atomic E-state index is 12.4. The molecule has 20 heavy (non-hydrogen) atoms. The smallest absolute Gasteiger partial charge is 0.314 e. The van der Waals surface area contributed by atoms with Crippen LogP contribution in [0.1, 0.15) is 5.69 Å². The SMILES string of the molecule is Cc1[nH]n(-c2ccccc2)c(=O)c1Oc1ccccc1. The lowest BCUT2D eigenvalue weighted by Crippen LogP contribution is -2.15. The fourth-order valence-corrected chi connectivity index (χ4v) is 2.02. The Morgan fingerprint density at radius 2 is 1.55 bits per heavy atom. The first-order valence-electron chi connectivity index (χ1n) is 6.35. The molecule has 0 aliphatic rings. The van der Waals surface area contributed by atoms with Crippen molar-refractivity contribution in [3.05, 3.63) is 76.7 Å². The first-order chi connectivity index (χ1) is 9.75. The Labute approximate surface area is 116 Å². The minimum absolute atomic E-state index is 0.197. The summed E-state index contributed by atoms with van der Waals surface area (Å²) >= 11 is 0. The number of hydrogen-bond acceptors (Lipinski definition) is 2. The van der Waals surface area contributed by atoms with Crippen molar-refractivity contribution < 1.29 is 4.74 Å². The molecule has 0 aliphatic carbocycles. The van der Waals surface area contributed by atoms with E-state index in [0.29, 0.717) is 17.2 Å². The molecule has 0 unspecified atom stereocenters. The van der Waals surface area contributed by atoms with Crippen LogP contribution in [0, 0.1) is 6.92 Å². The van der Waals surface area contributed by atoms with Crippen molar-refractivity contribution in [3.8, 4) is 17.2 Å². The van der Waals surface area contributed by atoms with Crippen molar-refractivity contribution >= 4 is 0 Å². The summed E-state index contributed by atoms with van der Waals surface area (Å²) < 4.78 is 7.16. The van der Waals surface area contributed by atoms with Gasteiger partial charge in [0.1, 0.15) is 5.75 Å². The van der Waals surface area contributed by atoms with Gasteiger partial charge in [0.05, 0.1) is 11.4 Å². The summed E-state index contributed by atoms with van der Waals surface area (Å²) in [6.07, 6.45) is 0. The van der Waals surface area contributed by atoms with E-state index in [2.05, 4.69) is 5.10 Å². The molecule has 1 aromatic heterocycles. The molecular formula is C16H14N2O2. The minimum Gasteiger partial charge on any atom is -0.450 e. The highest BCUT2D eigenvalue weighted by Crippen LogP contribution is 2.20. The van der Waals surface area contributed by atoms with Gasteiger partial charge in [-0.2, -0.15) is 0 Å². The van der Waals surface area contributed by atoms with Crippen LogP contribution in [0.3, 0.4) is 0 Å². The van der Waals surface area contributed by atoms with Crippen molar-refractivity contribution in [2.24, 2.45) is 0 Å². The van der Waals surface area contributed by atoms with E-state index in [9.17, 15) is 4.79 Å². The van der Waals surface area contributed by atoms with Gasteiger partial charge in [0, 0.05) is 0 Å². The molecule has 0 spiro atoms. The minimum atomic E-state index is -0.197. The van der Waals surface area contributed by atoms with E-state index in [-0.39, 0.29) is 5.56 Å². The molecule has 4 heteroatoms. The van der Waals surface area contributed by atoms with Crippen LogP contribution in [0.2, 0.25) is 0 Å². The van der Waals surface area contributed by atoms with E-state index in [1.165, 1.54) is 4.68 Å². The van der Waals surface area contributed by atoms with Gasteiger partial charge in [-0.05, 0) is 31.2 Å². The van der Waals surface area contributed by atoms with Crippen LogP contribution in [0.5, 0.6) is 11.5 Å². The van der Waals surface area contributed by atoms with Gasteiger partial charge < -0.3 is 4.74 Å². The molecule has 3 rings (SSSR count). The zero-order valence-electron chi connectivity index (χ0n) is 11.0. The van der Waals surface area contributed by atoms with Crippen LogP contribution in [-0.4, -0.2) is 9.78 Å². The van der Waals surface area contributed by atoms with Crippen molar-refractivity contribution in [2.45, 2.75) is 6.92 Å². The van der Waals surface area contributed by atoms with E-state index in [1.54, 1.807) is 0 Å². The highest BCUT2D eigenvalue weighted by atomic mass is 16.5. The molecule has 0 amide bonds. The third kappa shape index (κ3) is 2.23. The molecule has 2 aromatic carbocycles. The molecule has 0 saturated carbocycles. The summed E-state index contributed by atoms with van der Waals surface area (Å²) in [5.41, 5.74) is 1.28. The molecule has 1 N–H and O–H groups in total. The van der Waals surface area contributed by atoms with Crippen LogP contribution in [0.25, 0.3) is 5.69 Å². The van der Waals surface area contributed by atoms with E-state index >= 15 is 0 Å². The van der Waals surface area contributed by atoms with Crippen LogP contribution in [0.4, 0.5) is 0 Å². The molecule has 0 bridgehead atoms. The lowest BCUT2D eigenvalue weighted by molar-refractivity contribution is 0.474. The normalized spacial score (nSPS) is 10.4. The Morgan fingerprint density at radius 1 is 0.950 bits per heavy atom. The molecule has 0 fully saturated rings. The molecule has 0 saturated heterocycles. The van der Waals surface area contributed by atoms with Gasteiger partial charge in [0.25, 0.3) is 0 Å². The van der Waals surface area contributed by atoms with Crippen molar-refractivity contribution in [1.82, 2.24) is 9.78 Å². The zero-order valence-corrected chi connectivity index (χ0v) is 11.0. The number of nitrogens with zero attached hydrogens (tertiary/aromatic N) is 1. The first kappa shape index (κ1) is 12.3. The maximum atomic E-state index is 12.4. The summed E-state index contributed by atoms with van der Waals surface area (Å²) in [5.74, 6) is 0.965. The molecule has 4 nitrogen and oxygen atoms in total. The number of aromatic nitrogens is 2. The third-order valence-corrected chi connectivity index (χ3v) is 2.99. The van der Waals surface area contributed by atoms with E-state index < -0.39 is 0 Å². The summed E-state index contributed by atoms with van der Waals surface area (Å²) in [6.45, 7) is 1.82. The lowest BCUT2D eigenvalue weighted by Gasteiger charge is -2.02. The topological polar surface area (TPSA) is 47.0 Å². The molecule has 0 radical (unpaired) electrons. The van der Waals surface area contributed by atoms with Crippen LogP contribution >= 0.6 is 0 Å². The Balaban J connectivity index is 2.02. The first-order valence-corrected chi connectivity index (χ1v) is 6.35. The van der Waals surface area contributed by atoms with Gasteiger partial charge in [-0.1, -0.05) is 36.4 Å². The largest absolute Gasteiger partial charge is 0.450 e. The second kappa shape index (κ2) is 5.09. The summed E-state index contributed by atoms with van der Waals surface area (Å²) in [7, 11) is 0. The summed E-state index contributed by atoms with van der Waals surface area (Å²) in [5, 5.41) is 3.03. The zero-order chi connectivity index (χ0) is 13.9. The fraction of sp³-hybridized carbons (Fsp3) is 0.0625. The number of aryl methyl sites for hydroxylation is 1. The van der Waals surface area contributed by atoms with Gasteiger partial charge >= 0.3 is 5.56 Å². The second-order valence-electron chi connectivity index (χ2n) is 4.46. The van der Waals surface area contributed by atoms with Crippen molar-refractivity contribution in [1.29, 1.82) is 0 Å². The van der Waals surface area contributed by atoms with E-state index in [0.717, 1.165) is 5.69 Å². The molecular weight excluding hydrogens is 252 g/mol. The van der Waals surface area contributed by atoms with Crippen LogP contribution in [0.15, 0.2) is 65.5 Å². The quantitative estimate of drug-likeness (QED) is 0.791. The average Bonchev–Trinajstić information content (AvgIpc) is 2.77. The fourth-order valence-electron chi connectivity index (χ4n) is 2.02. The predicted octanol–water partition coefficient (Wildman–Crippen LogP) is 3.27. The number of benzene rings is 2. The predicted molar refractivity (Wildman–Crippen MR) is 77.6 cm³/mol. The number of para-hydroxylation sites is 2. The molecule has 1 heterocycles. The van der Waals surface area contributed by atoms with Crippen LogP contribution in [-0.2, 0) is 0 Å². The number of H-pyrrole nitrogens is 1. The number of rotatable bonds is 3. The average molecular weight is 266 g/mol. The Hall–Kier alpha value is -2.75. The monoisotopic (exact) mass is 266 g/mol. The second-order valence-corrected chi connectivity index (χ2v) is 4.46. The van der Waals surface area contributed by atoms with Gasteiger partial charge in [0.2, 0.25) is 5.75 Å². The molecule has 0 atom stereocenters. The summed E-state index contributed by atoms with van der Waals surface area (Å²) in [4.78, 5) is 12.4. The number of ether oxygens (including phenoxy) is 1. The molecule has 0 aliphatic heterocycles. The highest BCUT2D eigenvalue weighted by molar-refractivity contribution is 5.37. The molecule has 3 aromatic rings. The lowest BCUT2D eigenvalue weighted by atomic mass is 10.3. The van der Waals surface area contributed by atoms with Gasteiger partial charge in [-0.15, -0.1) is 0 Å². The Bertz CT molecular complexity index is 758. The number of hydrogen-bond donors (Lipinski definition) is 1. The van der Waals surface area contributed by atoms with E-state index in [4.69, 9.17) is 4.74 Å². The Kier molecular flexibility index (Phi) is 3.13. The highest BCUT2D eigenvalue weighted by Gasteiger charge is 2.14. The number of aromatic amines is 1. The van der Waals surface area contributed by atoms with Crippen molar-refractivity contribution in [2.75, 3.05) is 0 Å². The van der Waals surface area contributed by atoms with Crippen LogP contribution < -0.4 is 10.3 Å². The van der Waals surface area contributed by atoms with Gasteiger partial charge in [0.15, 0.2) is 0 Å².